The van der Waals surface area contributed by atoms with Gasteiger partial charge < -0.3 is 15.2 Å². The van der Waals surface area contributed by atoms with Gasteiger partial charge in [-0.05, 0) is 6.07 Å². The summed E-state index contributed by atoms with van der Waals surface area (Å²) >= 11 is 11.5. The van der Waals surface area contributed by atoms with Gasteiger partial charge in [0.25, 0.3) is 5.69 Å². The predicted octanol–water partition coefficient (Wildman–Crippen LogP) is 2.80. The summed E-state index contributed by atoms with van der Waals surface area (Å²) in [5.41, 5.74) is -0.351. The van der Waals surface area contributed by atoms with E-state index >= 15 is 0 Å². The number of halogens is 2. The minimum absolute atomic E-state index is 0.00657. The summed E-state index contributed by atoms with van der Waals surface area (Å²) in [6, 6.07) is 1.26. The van der Waals surface area contributed by atoms with Crippen molar-refractivity contribution in [2.75, 3.05) is 19.0 Å². The molecule has 0 saturated carbocycles. The van der Waals surface area contributed by atoms with Gasteiger partial charge in [-0.15, -0.1) is 0 Å². The molecule has 1 aromatic carbocycles. The third-order valence-electron chi connectivity index (χ3n) is 2.47. The molecular weight excluding hydrogens is 311 g/mol. The maximum Gasteiger partial charge on any atom is 0.326 e. The quantitative estimate of drug-likeness (QED) is 0.591. The normalized spacial score (nSPS) is 11.9. The number of nitro benzene ring substituents is 1. The zero-order valence-corrected chi connectivity index (χ0v) is 11.9. The van der Waals surface area contributed by atoms with E-state index in [-0.39, 0.29) is 34.4 Å². The Hall–Kier alpha value is -1.57. The number of ether oxygens (including phenoxy) is 1. The molecule has 110 valence electrons. The Morgan fingerprint density at radius 1 is 1.50 bits per heavy atom. The van der Waals surface area contributed by atoms with E-state index in [0.29, 0.717) is 0 Å². The Balaban J connectivity index is 3.07. The molecule has 20 heavy (non-hydrogen) atoms. The van der Waals surface area contributed by atoms with E-state index in [4.69, 9.17) is 33.0 Å². The molecule has 0 heterocycles. The van der Waals surface area contributed by atoms with E-state index in [2.05, 4.69) is 5.32 Å². The Morgan fingerprint density at radius 3 is 2.60 bits per heavy atom. The summed E-state index contributed by atoms with van der Waals surface area (Å²) in [5, 5.41) is 22.7. The van der Waals surface area contributed by atoms with Gasteiger partial charge in [-0.2, -0.15) is 0 Å². The number of rotatable bonds is 7. The van der Waals surface area contributed by atoms with Gasteiger partial charge in [0, 0.05) is 26.2 Å². The van der Waals surface area contributed by atoms with Crippen molar-refractivity contribution in [2.45, 2.75) is 12.5 Å². The van der Waals surface area contributed by atoms with Crippen LogP contribution in [0.5, 0.6) is 0 Å². The van der Waals surface area contributed by atoms with Crippen LogP contribution in [0.25, 0.3) is 0 Å². The van der Waals surface area contributed by atoms with E-state index in [9.17, 15) is 14.9 Å². The van der Waals surface area contributed by atoms with Crippen LogP contribution in [0, 0.1) is 10.1 Å². The number of nitro groups is 1. The summed E-state index contributed by atoms with van der Waals surface area (Å²) < 4.78 is 4.80. The average molecular weight is 323 g/mol. The first-order chi connectivity index (χ1) is 9.36. The second kappa shape index (κ2) is 7.28. The summed E-state index contributed by atoms with van der Waals surface area (Å²) in [5.74, 6) is -1.15. The molecule has 0 aromatic heterocycles. The molecule has 1 unspecified atom stereocenters. The summed E-state index contributed by atoms with van der Waals surface area (Å²) in [4.78, 5) is 21.4. The van der Waals surface area contributed by atoms with E-state index in [1.54, 1.807) is 0 Å². The van der Waals surface area contributed by atoms with Crippen LogP contribution in [0.4, 0.5) is 11.4 Å². The topological polar surface area (TPSA) is 102 Å². The minimum Gasteiger partial charge on any atom is -0.480 e. The molecule has 0 aliphatic carbocycles. The maximum atomic E-state index is 11.1. The van der Waals surface area contributed by atoms with Gasteiger partial charge in [0.2, 0.25) is 0 Å². The molecule has 9 heteroatoms. The molecule has 0 amide bonds. The summed E-state index contributed by atoms with van der Waals surface area (Å²) in [6.45, 7) is 0.194. The van der Waals surface area contributed by atoms with Crippen LogP contribution < -0.4 is 5.32 Å². The standard InChI is InChI=1S/C11H12Cl2N2O5/c1-20-3-2-8(11(16)17)14-9-4-6(12)7(13)5-10(9)15(18)19/h4-5,8,14H,2-3H2,1H3,(H,16,17). The first kappa shape index (κ1) is 16.5. The average Bonchev–Trinajstić information content (AvgIpc) is 2.37. The Kier molecular flexibility index (Phi) is 6.00. The molecule has 0 radical (unpaired) electrons. The van der Waals surface area contributed by atoms with E-state index < -0.39 is 16.9 Å². The summed E-state index contributed by atoms with van der Waals surface area (Å²) in [7, 11) is 1.43. The highest BCUT2D eigenvalue weighted by molar-refractivity contribution is 6.42. The van der Waals surface area contributed by atoms with Crippen LogP contribution in [-0.4, -0.2) is 35.8 Å². The van der Waals surface area contributed by atoms with Crippen LogP contribution in [0.3, 0.4) is 0 Å². The highest BCUT2D eigenvalue weighted by atomic mass is 35.5. The molecule has 0 aliphatic rings. The fourth-order valence-corrected chi connectivity index (χ4v) is 1.81. The highest BCUT2D eigenvalue weighted by Gasteiger charge is 2.23. The lowest BCUT2D eigenvalue weighted by Gasteiger charge is -2.15. The van der Waals surface area contributed by atoms with Gasteiger partial charge >= 0.3 is 5.97 Å². The first-order valence-corrected chi connectivity index (χ1v) is 6.24. The first-order valence-electron chi connectivity index (χ1n) is 5.48. The van der Waals surface area contributed by atoms with Crippen molar-refractivity contribution in [2.24, 2.45) is 0 Å². The molecule has 1 rings (SSSR count). The zero-order chi connectivity index (χ0) is 15.3. The third-order valence-corrected chi connectivity index (χ3v) is 3.20. The number of anilines is 1. The lowest BCUT2D eigenvalue weighted by molar-refractivity contribution is -0.384. The van der Waals surface area contributed by atoms with Gasteiger partial charge in [0.1, 0.15) is 11.7 Å². The summed E-state index contributed by atoms with van der Waals surface area (Å²) in [6.07, 6.45) is 0.142. The van der Waals surface area contributed by atoms with Crippen molar-refractivity contribution >= 4 is 40.5 Å². The molecule has 1 atom stereocenters. The van der Waals surface area contributed by atoms with Crippen molar-refractivity contribution < 1.29 is 19.6 Å². The maximum absolute atomic E-state index is 11.1. The van der Waals surface area contributed by atoms with E-state index in [0.717, 1.165) is 6.07 Å². The highest BCUT2D eigenvalue weighted by Crippen LogP contribution is 2.34. The Labute approximate surface area is 124 Å². The monoisotopic (exact) mass is 322 g/mol. The molecule has 1 aromatic rings. The third kappa shape index (κ3) is 4.22. The van der Waals surface area contributed by atoms with Crippen LogP contribution in [0.1, 0.15) is 6.42 Å². The molecule has 0 saturated heterocycles. The lowest BCUT2D eigenvalue weighted by Crippen LogP contribution is -2.30. The molecule has 0 aliphatic heterocycles. The number of hydrogen-bond donors (Lipinski definition) is 2. The smallest absolute Gasteiger partial charge is 0.326 e. The van der Waals surface area contributed by atoms with Crippen molar-refractivity contribution in [1.82, 2.24) is 0 Å². The number of aliphatic carboxylic acids is 1. The molecule has 0 bridgehead atoms. The second-order valence-corrected chi connectivity index (χ2v) is 4.67. The number of benzene rings is 1. The number of nitrogens with zero attached hydrogens (tertiary/aromatic N) is 1. The van der Waals surface area contributed by atoms with Gasteiger partial charge in [0.05, 0.1) is 15.0 Å². The van der Waals surface area contributed by atoms with Crippen molar-refractivity contribution in [3.05, 3.63) is 32.3 Å². The molecule has 0 spiro atoms. The van der Waals surface area contributed by atoms with Gasteiger partial charge in [0.15, 0.2) is 0 Å². The lowest BCUT2D eigenvalue weighted by atomic mass is 10.2. The Bertz CT molecular complexity index is 524. The van der Waals surface area contributed by atoms with Gasteiger partial charge in [-0.1, -0.05) is 23.2 Å². The molecule has 7 nitrogen and oxygen atoms in total. The number of carbonyl (C=O) groups is 1. The number of nitrogens with one attached hydrogen (secondary N) is 1. The fourth-order valence-electron chi connectivity index (χ4n) is 1.48. The Morgan fingerprint density at radius 2 is 2.10 bits per heavy atom. The van der Waals surface area contributed by atoms with Crippen LogP contribution in [-0.2, 0) is 9.53 Å². The number of carboxylic acid groups (broad SMARTS) is 1. The predicted molar refractivity (Wildman–Crippen MR) is 74.7 cm³/mol. The zero-order valence-electron chi connectivity index (χ0n) is 10.4. The van der Waals surface area contributed by atoms with Crippen molar-refractivity contribution in [3.63, 3.8) is 0 Å². The van der Waals surface area contributed by atoms with Gasteiger partial charge in [-0.3, -0.25) is 10.1 Å². The van der Waals surface area contributed by atoms with Crippen molar-refractivity contribution in [1.29, 1.82) is 0 Å². The molecule has 2 N–H and O–H groups in total. The second-order valence-electron chi connectivity index (χ2n) is 3.86. The van der Waals surface area contributed by atoms with Crippen LogP contribution >= 0.6 is 23.2 Å². The molecular formula is C11H12Cl2N2O5. The number of hydrogen-bond acceptors (Lipinski definition) is 5. The van der Waals surface area contributed by atoms with Gasteiger partial charge in [-0.25, -0.2) is 4.79 Å². The number of methoxy groups -OCH3 is 1. The van der Waals surface area contributed by atoms with E-state index in [1.807, 2.05) is 0 Å². The number of carboxylic acids is 1. The molecule has 0 fully saturated rings. The minimum atomic E-state index is -1.15. The van der Waals surface area contributed by atoms with Crippen LogP contribution in [0.15, 0.2) is 12.1 Å². The van der Waals surface area contributed by atoms with E-state index in [1.165, 1.54) is 13.2 Å². The SMILES string of the molecule is COCCC(Nc1cc(Cl)c(Cl)cc1[N+](=O)[O-])C(=O)O. The largest absolute Gasteiger partial charge is 0.480 e. The fraction of sp³-hybridized carbons (Fsp3) is 0.364. The van der Waals surface area contributed by atoms with Crippen LogP contribution in [0.2, 0.25) is 10.0 Å². The van der Waals surface area contributed by atoms with Crippen molar-refractivity contribution in [3.8, 4) is 0 Å².